The summed E-state index contributed by atoms with van der Waals surface area (Å²) in [4.78, 5) is 30.8. The van der Waals surface area contributed by atoms with E-state index < -0.39 is 0 Å². The fourth-order valence-corrected chi connectivity index (χ4v) is 5.76. The molecule has 178 valence electrons. The summed E-state index contributed by atoms with van der Waals surface area (Å²) >= 11 is 0. The van der Waals surface area contributed by atoms with E-state index in [1.807, 2.05) is 6.92 Å². The van der Waals surface area contributed by atoms with Crippen molar-refractivity contribution in [1.29, 1.82) is 0 Å². The first kappa shape index (κ1) is 24.4. The SMILES string of the molecule is Cc1cc(N2C[C@@H]3C[C@H](C2)[C@@H]2CCC[C@H](c4ccccc4)N2C3)nc(N)n1.O=CO.O=CO. The van der Waals surface area contributed by atoms with Crippen LogP contribution in [-0.2, 0) is 9.59 Å². The van der Waals surface area contributed by atoms with Gasteiger partial charge in [0.15, 0.2) is 0 Å². The molecule has 0 unspecified atom stereocenters. The van der Waals surface area contributed by atoms with Crippen LogP contribution in [0.5, 0.6) is 0 Å². The number of benzene rings is 1. The normalized spacial score (nSPS) is 25.9. The fourth-order valence-electron chi connectivity index (χ4n) is 5.76. The van der Waals surface area contributed by atoms with Gasteiger partial charge < -0.3 is 20.8 Å². The molecule has 0 amide bonds. The smallest absolute Gasteiger partial charge is 0.290 e. The molecule has 0 saturated carbocycles. The van der Waals surface area contributed by atoms with Crippen LogP contribution < -0.4 is 10.6 Å². The van der Waals surface area contributed by atoms with E-state index >= 15 is 0 Å². The Hall–Kier alpha value is -3.20. The number of fused-ring (bicyclic) bond motifs is 4. The Morgan fingerprint density at radius 1 is 1.03 bits per heavy atom. The molecular formula is C24H33N5O4. The number of aromatic nitrogens is 2. The maximum atomic E-state index is 8.36. The van der Waals surface area contributed by atoms with E-state index in [4.69, 9.17) is 25.5 Å². The van der Waals surface area contributed by atoms with E-state index in [0.717, 1.165) is 30.5 Å². The van der Waals surface area contributed by atoms with Gasteiger partial charge in [0, 0.05) is 43.5 Å². The maximum Gasteiger partial charge on any atom is 0.290 e. The lowest BCUT2D eigenvalue weighted by Gasteiger charge is -2.55. The van der Waals surface area contributed by atoms with Gasteiger partial charge in [-0.3, -0.25) is 14.5 Å². The highest BCUT2D eigenvalue weighted by molar-refractivity contribution is 5.44. The number of piperidine rings is 3. The molecule has 3 aliphatic rings. The van der Waals surface area contributed by atoms with Crippen LogP contribution in [0.3, 0.4) is 0 Å². The lowest BCUT2D eigenvalue weighted by Crippen LogP contribution is -2.59. The predicted octanol–water partition coefficient (Wildman–Crippen LogP) is 2.82. The van der Waals surface area contributed by atoms with Gasteiger partial charge in [-0.05, 0) is 50.0 Å². The average molecular weight is 456 g/mol. The largest absolute Gasteiger partial charge is 0.483 e. The number of hydrogen-bond acceptors (Lipinski definition) is 7. The maximum absolute atomic E-state index is 8.36. The summed E-state index contributed by atoms with van der Waals surface area (Å²) in [6.45, 7) is 4.88. The number of hydrogen-bond donors (Lipinski definition) is 3. The van der Waals surface area contributed by atoms with Crippen molar-refractivity contribution < 1.29 is 19.8 Å². The highest BCUT2D eigenvalue weighted by Crippen LogP contribution is 2.44. The van der Waals surface area contributed by atoms with Crippen molar-refractivity contribution >= 4 is 24.7 Å². The summed E-state index contributed by atoms with van der Waals surface area (Å²) in [5.74, 6) is 2.84. The Morgan fingerprint density at radius 2 is 1.73 bits per heavy atom. The molecule has 3 saturated heterocycles. The third-order valence-corrected chi connectivity index (χ3v) is 6.75. The molecule has 3 aliphatic heterocycles. The minimum absolute atomic E-state index is 0.250. The topological polar surface area (TPSA) is 133 Å². The molecule has 0 radical (unpaired) electrons. The van der Waals surface area contributed by atoms with Crippen LogP contribution in [0.25, 0.3) is 0 Å². The Morgan fingerprint density at radius 3 is 2.39 bits per heavy atom. The molecule has 4 heterocycles. The molecule has 9 nitrogen and oxygen atoms in total. The van der Waals surface area contributed by atoms with E-state index in [2.05, 4.69) is 56.2 Å². The highest BCUT2D eigenvalue weighted by Gasteiger charge is 2.45. The molecule has 0 aliphatic carbocycles. The summed E-state index contributed by atoms with van der Waals surface area (Å²) in [6.07, 6.45) is 5.32. The molecule has 0 spiro atoms. The summed E-state index contributed by atoms with van der Waals surface area (Å²) in [6, 6.07) is 14.5. The number of rotatable bonds is 2. The van der Waals surface area contributed by atoms with Gasteiger partial charge in [-0.25, -0.2) is 4.98 Å². The van der Waals surface area contributed by atoms with Gasteiger partial charge in [0.05, 0.1) is 0 Å². The van der Waals surface area contributed by atoms with Crippen LogP contribution in [0.2, 0.25) is 0 Å². The van der Waals surface area contributed by atoms with Crippen molar-refractivity contribution in [3.8, 4) is 0 Å². The number of nitrogens with two attached hydrogens (primary N) is 1. The van der Waals surface area contributed by atoms with E-state index in [0.29, 0.717) is 23.9 Å². The van der Waals surface area contributed by atoms with Gasteiger partial charge in [0.2, 0.25) is 5.95 Å². The molecule has 1 aromatic heterocycles. The van der Waals surface area contributed by atoms with Crippen molar-refractivity contribution in [2.24, 2.45) is 11.8 Å². The number of carbonyl (C=O) groups is 2. The van der Waals surface area contributed by atoms with Crippen LogP contribution >= 0.6 is 0 Å². The quantitative estimate of drug-likeness (QED) is 0.585. The first-order valence-electron chi connectivity index (χ1n) is 11.3. The van der Waals surface area contributed by atoms with E-state index in [-0.39, 0.29) is 12.9 Å². The number of nitrogens with zero attached hydrogens (tertiary/aromatic N) is 4. The number of nitrogen functional groups attached to an aromatic ring is 1. The van der Waals surface area contributed by atoms with E-state index in [1.54, 1.807) is 0 Å². The van der Waals surface area contributed by atoms with Crippen LogP contribution in [0, 0.1) is 18.8 Å². The Kier molecular flexibility index (Phi) is 8.59. The Labute approximate surface area is 194 Å². The molecule has 5 rings (SSSR count). The Bertz CT molecular complexity index is 887. The summed E-state index contributed by atoms with van der Waals surface area (Å²) < 4.78 is 0. The second-order valence-corrected chi connectivity index (χ2v) is 8.82. The molecule has 9 heteroatoms. The van der Waals surface area contributed by atoms with Crippen LogP contribution in [0.1, 0.15) is 43.0 Å². The van der Waals surface area contributed by atoms with Crippen LogP contribution in [0.4, 0.5) is 11.8 Å². The average Bonchev–Trinajstić information content (AvgIpc) is 2.80. The first-order chi connectivity index (χ1) is 16.0. The minimum Gasteiger partial charge on any atom is -0.483 e. The number of anilines is 2. The predicted molar refractivity (Wildman–Crippen MR) is 126 cm³/mol. The molecule has 4 atom stereocenters. The monoisotopic (exact) mass is 455 g/mol. The molecule has 1 aromatic carbocycles. The highest BCUT2D eigenvalue weighted by atomic mass is 16.3. The summed E-state index contributed by atoms with van der Waals surface area (Å²) in [5, 5.41) is 13.8. The molecule has 2 bridgehead atoms. The summed E-state index contributed by atoms with van der Waals surface area (Å²) in [7, 11) is 0. The third-order valence-electron chi connectivity index (χ3n) is 6.75. The lowest BCUT2D eigenvalue weighted by atomic mass is 9.74. The van der Waals surface area contributed by atoms with Crippen molar-refractivity contribution in [3.05, 3.63) is 47.7 Å². The van der Waals surface area contributed by atoms with Gasteiger partial charge in [0.1, 0.15) is 5.82 Å². The standard InChI is InChI=1S/C22H29N5.2CH2O2/c1-15-10-21(25-22(23)24-15)26-12-16-11-18(14-26)20-9-5-8-19(27(20)13-16)17-6-3-2-4-7-17;2*2-1-3/h2-4,6-7,10,16,18-20H,5,8-9,11-14H2,1H3,(H2,23,24,25);2*1H,(H,2,3)/t16-,18+,19+,20-;;/m0../s1. The van der Waals surface area contributed by atoms with Crippen molar-refractivity contribution in [3.63, 3.8) is 0 Å². The lowest BCUT2D eigenvalue weighted by molar-refractivity contribution is -0.123. The summed E-state index contributed by atoms with van der Waals surface area (Å²) in [5.41, 5.74) is 8.37. The van der Waals surface area contributed by atoms with Gasteiger partial charge in [-0.1, -0.05) is 30.3 Å². The van der Waals surface area contributed by atoms with E-state index in [9.17, 15) is 0 Å². The zero-order valence-corrected chi connectivity index (χ0v) is 19.0. The zero-order valence-electron chi connectivity index (χ0n) is 19.0. The minimum atomic E-state index is -0.250. The fraction of sp³-hybridized carbons (Fsp3) is 0.500. The molecule has 3 fully saturated rings. The van der Waals surface area contributed by atoms with Gasteiger partial charge in [0.25, 0.3) is 12.9 Å². The number of carboxylic acid groups (broad SMARTS) is 2. The molecule has 33 heavy (non-hydrogen) atoms. The molecular weight excluding hydrogens is 422 g/mol. The van der Waals surface area contributed by atoms with Crippen LogP contribution in [-0.4, -0.2) is 63.7 Å². The van der Waals surface area contributed by atoms with E-state index in [1.165, 1.54) is 37.8 Å². The second kappa shape index (κ2) is 11.6. The Balaban J connectivity index is 0.000000464. The van der Waals surface area contributed by atoms with Crippen molar-refractivity contribution in [2.45, 2.75) is 44.7 Å². The van der Waals surface area contributed by atoms with Gasteiger partial charge in [-0.15, -0.1) is 0 Å². The van der Waals surface area contributed by atoms with Crippen molar-refractivity contribution in [1.82, 2.24) is 14.9 Å². The number of aryl methyl sites for hydroxylation is 1. The zero-order chi connectivity index (χ0) is 23.8. The van der Waals surface area contributed by atoms with Crippen molar-refractivity contribution in [2.75, 3.05) is 30.3 Å². The third kappa shape index (κ3) is 5.98. The second-order valence-electron chi connectivity index (χ2n) is 8.82. The first-order valence-corrected chi connectivity index (χ1v) is 11.3. The van der Waals surface area contributed by atoms with Gasteiger partial charge in [-0.2, -0.15) is 4.98 Å². The molecule has 2 aromatic rings. The van der Waals surface area contributed by atoms with Gasteiger partial charge >= 0.3 is 0 Å². The molecule has 4 N–H and O–H groups in total. The van der Waals surface area contributed by atoms with Crippen LogP contribution in [0.15, 0.2) is 36.4 Å².